The maximum absolute atomic E-state index is 12.5. The van der Waals surface area contributed by atoms with Crippen LogP contribution in [0.4, 0.5) is 0 Å². The molecule has 1 atom stereocenters. The molecule has 0 radical (unpaired) electrons. The van der Waals surface area contributed by atoms with Gasteiger partial charge in [-0.05, 0) is 36.8 Å². The highest BCUT2D eigenvalue weighted by Gasteiger charge is 2.32. The van der Waals surface area contributed by atoms with Gasteiger partial charge in [0, 0.05) is 24.7 Å². The Kier molecular flexibility index (Phi) is 5.31. The summed E-state index contributed by atoms with van der Waals surface area (Å²) in [6, 6.07) is 9.79. The monoisotopic (exact) mass is 391 g/mol. The third kappa shape index (κ3) is 4.36. The van der Waals surface area contributed by atoms with Gasteiger partial charge in [-0.15, -0.1) is 0 Å². The van der Waals surface area contributed by atoms with Crippen molar-refractivity contribution in [3.05, 3.63) is 46.8 Å². The standard InChI is InChI=1S/C18H21N3O5S/c1-20(14-9-10-27(24,25)12-14)18(23)11-21-17(22)8-7-16(19-21)13-3-5-15(26-2)6-4-13/h3-8,14H,9-12H2,1-2H3/t14-/m1/s1. The summed E-state index contributed by atoms with van der Waals surface area (Å²) in [5, 5.41) is 4.27. The number of amides is 1. The molecule has 9 heteroatoms. The molecule has 1 saturated heterocycles. The van der Waals surface area contributed by atoms with Crippen LogP contribution in [0.5, 0.6) is 5.75 Å². The van der Waals surface area contributed by atoms with Crippen LogP contribution in [0, 0.1) is 0 Å². The van der Waals surface area contributed by atoms with E-state index in [4.69, 9.17) is 4.74 Å². The van der Waals surface area contributed by atoms with Gasteiger partial charge in [0.05, 0.1) is 24.3 Å². The van der Waals surface area contributed by atoms with Gasteiger partial charge in [-0.3, -0.25) is 9.59 Å². The van der Waals surface area contributed by atoms with Crippen LogP contribution in [-0.2, 0) is 21.2 Å². The summed E-state index contributed by atoms with van der Waals surface area (Å²) in [7, 11) is 0.0444. The molecule has 1 aliphatic heterocycles. The van der Waals surface area contributed by atoms with Crippen molar-refractivity contribution in [2.45, 2.75) is 19.0 Å². The number of sulfone groups is 1. The Bertz CT molecular complexity index is 998. The molecular formula is C18H21N3O5S. The van der Waals surface area contributed by atoms with Crippen LogP contribution in [0.3, 0.4) is 0 Å². The number of hydrogen-bond acceptors (Lipinski definition) is 6. The summed E-state index contributed by atoms with van der Waals surface area (Å²) in [5.74, 6) is 0.401. The molecule has 2 aromatic rings. The molecule has 1 fully saturated rings. The summed E-state index contributed by atoms with van der Waals surface area (Å²) in [6.07, 6.45) is 0.415. The molecule has 27 heavy (non-hydrogen) atoms. The van der Waals surface area contributed by atoms with E-state index in [-0.39, 0.29) is 30.0 Å². The Morgan fingerprint density at radius 2 is 1.96 bits per heavy atom. The van der Waals surface area contributed by atoms with Gasteiger partial charge in [-0.1, -0.05) is 0 Å². The van der Waals surface area contributed by atoms with Crippen LogP contribution in [0.1, 0.15) is 6.42 Å². The molecule has 0 saturated carbocycles. The molecular weight excluding hydrogens is 370 g/mol. The summed E-state index contributed by atoms with van der Waals surface area (Å²) in [4.78, 5) is 26.0. The van der Waals surface area contributed by atoms with Crippen LogP contribution in [0.15, 0.2) is 41.2 Å². The van der Waals surface area contributed by atoms with E-state index in [0.717, 1.165) is 10.2 Å². The Morgan fingerprint density at radius 3 is 2.56 bits per heavy atom. The minimum Gasteiger partial charge on any atom is -0.497 e. The van der Waals surface area contributed by atoms with Crippen molar-refractivity contribution in [1.82, 2.24) is 14.7 Å². The number of aromatic nitrogens is 2. The van der Waals surface area contributed by atoms with Crippen LogP contribution in [-0.4, -0.2) is 60.7 Å². The lowest BCUT2D eigenvalue weighted by atomic mass is 10.1. The molecule has 0 spiro atoms. The number of carbonyl (C=O) groups is 1. The van der Waals surface area contributed by atoms with E-state index in [1.807, 2.05) is 12.1 Å². The molecule has 0 unspecified atom stereocenters. The van der Waals surface area contributed by atoms with Gasteiger partial charge < -0.3 is 9.64 Å². The number of ether oxygens (including phenoxy) is 1. The number of nitrogens with zero attached hydrogens (tertiary/aromatic N) is 3. The van der Waals surface area contributed by atoms with E-state index in [0.29, 0.717) is 17.9 Å². The summed E-state index contributed by atoms with van der Waals surface area (Å²) in [6.45, 7) is -0.240. The molecule has 3 rings (SSSR count). The highest BCUT2D eigenvalue weighted by molar-refractivity contribution is 7.91. The van der Waals surface area contributed by atoms with E-state index in [2.05, 4.69) is 5.10 Å². The van der Waals surface area contributed by atoms with E-state index >= 15 is 0 Å². The highest BCUT2D eigenvalue weighted by atomic mass is 32.2. The topological polar surface area (TPSA) is 98.6 Å². The molecule has 144 valence electrons. The fourth-order valence-corrected chi connectivity index (χ4v) is 4.78. The van der Waals surface area contributed by atoms with Crippen LogP contribution in [0.2, 0.25) is 0 Å². The molecule has 8 nitrogen and oxygen atoms in total. The van der Waals surface area contributed by atoms with E-state index in [9.17, 15) is 18.0 Å². The van der Waals surface area contributed by atoms with Gasteiger partial charge in [-0.25, -0.2) is 13.1 Å². The highest BCUT2D eigenvalue weighted by Crippen LogP contribution is 2.20. The SMILES string of the molecule is COc1ccc(-c2ccc(=O)n(CC(=O)N(C)[C@@H]3CCS(=O)(=O)C3)n2)cc1. The average molecular weight is 391 g/mol. The number of carbonyl (C=O) groups excluding carboxylic acids is 1. The first-order valence-electron chi connectivity index (χ1n) is 8.48. The first kappa shape index (κ1) is 19.1. The molecule has 2 heterocycles. The summed E-state index contributed by atoms with van der Waals surface area (Å²) < 4.78 is 29.4. The third-order valence-corrected chi connectivity index (χ3v) is 6.44. The molecule has 0 N–H and O–H groups in total. The zero-order valence-corrected chi connectivity index (χ0v) is 16.0. The van der Waals surface area contributed by atoms with Crippen LogP contribution >= 0.6 is 0 Å². The second kappa shape index (κ2) is 7.51. The number of rotatable bonds is 5. The maximum Gasteiger partial charge on any atom is 0.267 e. The quantitative estimate of drug-likeness (QED) is 0.739. The lowest BCUT2D eigenvalue weighted by molar-refractivity contribution is -0.132. The van der Waals surface area contributed by atoms with Crippen LogP contribution in [0.25, 0.3) is 11.3 Å². The van der Waals surface area contributed by atoms with Gasteiger partial charge in [0.15, 0.2) is 9.84 Å². The zero-order chi connectivity index (χ0) is 19.6. The predicted octanol–water partition coefficient (Wildman–Crippen LogP) is 0.564. The zero-order valence-electron chi connectivity index (χ0n) is 15.2. The Labute approximate surface area is 157 Å². The molecule has 0 bridgehead atoms. The second-order valence-corrected chi connectivity index (χ2v) is 8.73. The van der Waals surface area contributed by atoms with E-state index < -0.39 is 15.4 Å². The number of hydrogen-bond donors (Lipinski definition) is 0. The Morgan fingerprint density at radius 1 is 1.26 bits per heavy atom. The molecule has 1 amide bonds. The first-order valence-corrected chi connectivity index (χ1v) is 10.3. The number of methoxy groups -OCH3 is 1. The fourth-order valence-electron chi connectivity index (χ4n) is 3.00. The predicted molar refractivity (Wildman–Crippen MR) is 100 cm³/mol. The van der Waals surface area contributed by atoms with Gasteiger partial charge >= 0.3 is 0 Å². The third-order valence-electron chi connectivity index (χ3n) is 4.69. The largest absolute Gasteiger partial charge is 0.497 e. The van der Waals surface area contributed by atoms with Crippen molar-refractivity contribution < 1.29 is 17.9 Å². The maximum atomic E-state index is 12.5. The minimum atomic E-state index is -3.09. The van der Waals surface area contributed by atoms with E-state index in [1.54, 1.807) is 32.4 Å². The van der Waals surface area contributed by atoms with Gasteiger partial charge in [0.2, 0.25) is 5.91 Å². The van der Waals surface area contributed by atoms with Crippen molar-refractivity contribution in [1.29, 1.82) is 0 Å². The lowest BCUT2D eigenvalue weighted by Gasteiger charge is -2.23. The molecule has 1 aromatic carbocycles. The van der Waals surface area contributed by atoms with Crippen molar-refractivity contribution in [2.75, 3.05) is 25.7 Å². The van der Waals surface area contributed by atoms with Crippen molar-refractivity contribution in [3.63, 3.8) is 0 Å². The Hall–Kier alpha value is -2.68. The average Bonchev–Trinajstić information content (AvgIpc) is 3.02. The van der Waals surface area contributed by atoms with E-state index in [1.165, 1.54) is 11.0 Å². The normalized spacial score (nSPS) is 18.2. The van der Waals surface area contributed by atoms with Crippen molar-refractivity contribution in [3.8, 4) is 17.0 Å². The minimum absolute atomic E-state index is 0.0382. The fraction of sp³-hybridized carbons (Fsp3) is 0.389. The lowest BCUT2D eigenvalue weighted by Crippen LogP contribution is -2.41. The van der Waals surface area contributed by atoms with Gasteiger partial charge in [0.1, 0.15) is 12.3 Å². The smallest absolute Gasteiger partial charge is 0.267 e. The first-order chi connectivity index (χ1) is 12.8. The van der Waals surface area contributed by atoms with Gasteiger partial charge in [-0.2, -0.15) is 5.10 Å². The van der Waals surface area contributed by atoms with Crippen molar-refractivity contribution >= 4 is 15.7 Å². The Balaban J connectivity index is 1.78. The number of likely N-dealkylation sites (N-methyl/N-ethyl adjacent to an activating group) is 1. The summed E-state index contributed by atoms with van der Waals surface area (Å²) in [5.41, 5.74) is 0.941. The van der Waals surface area contributed by atoms with Crippen molar-refractivity contribution in [2.24, 2.45) is 0 Å². The summed E-state index contributed by atoms with van der Waals surface area (Å²) >= 11 is 0. The van der Waals surface area contributed by atoms with Crippen LogP contribution < -0.4 is 10.3 Å². The molecule has 0 aliphatic carbocycles. The molecule has 1 aromatic heterocycles. The number of benzene rings is 1. The second-order valence-electron chi connectivity index (χ2n) is 6.50. The van der Waals surface area contributed by atoms with Gasteiger partial charge in [0.25, 0.3) is 5.56 Å². The molecule has 1 aliphatic rings.